The number of benzene rings is 1. The van der Waals surface area contributed by atoms with Gasteiger partial charge in [0, 0.05) is 29.8 Å². The van der Waals surface area contributed by atoms with Gasteiger partial charge in [-0.2, -0.15) is 0 Å². The SMILES string of the molecule is Nc1ccc(CN2CCOC3CCCCC32)c(Cl)c1. The van der Waals surface area contributed by atoms with Crippen molar-refractivity contribution in [1.82, 2.24) is 4.90 Å². The molecule has 1 aliphatic carbocycles. The van der Waals surface area contributed by atoms with Gasteiger partial charge in [-0.15, -0.1) is 0 Å². The summed E-state index contributed by atoms with van der Waals surface area (Å²) in [5.74, 6) is 0. The zero-order valence-electron chi connectivity index (χ0n) is 11.1. The van der Waals surface area contributed by atoms with Gasteiger partial charge in [-0.3, -0.25) is 4.90 Å². The molecule has 1 heterocycles. The van der Waals surface area contributed by atoms with Gasteiger partial charge in [-0.05, 0) is 30.5 Å². The highest BCUT2D eigenvalue weighted by Crippen LogP contribution is 2.30. The molecule has 1 saturated carbocycles. The van der Waals surface area contributed by atoms with E-state index in [0.29, 0.717) is 12.1 Å². The molecule has 2 N–H and O–H groups in total. The highest BCUT2D eigenvalue weighted by Gasteiger charge is 2.34. The summed E-state index contributed by atoms with van der Waals surface area (Å²) < 4.78 is 5.90. The van der Waals surface area contributed by atoms with Crippen molar-refractivity contribution in [3.05, 3.63) is 28.8 Å². The molecule has 2 atom stereocenters. The van der Waals surface area contributed by atoms with Gasteiger partial charge in [0.05, 0.1) is 12.7 Å². The molecule has 3 rings (SSSR count). The van der Waals surface area contributed by atoms with E-state index in [9.17, 15) is 0 Å². The predicted molar refractivity (Wildman–Crippen MR) is 78.3 cm³/mol. The molecule has 0 radical (unpaired) electrons. The summed E-state index contributed by atoms with van der Waals surface area (Å²) in [5, 5.41) is 0.777. The number of hydrogen-bond acceptors (Lipinski definition) is 3. The zero-order chi connectivity index (χ0) is 13.2. The van der Waals surface area contributed by atoms with E-state index in [0.717, 1.165) is 30.4 Å². The van der Waals surface area contributed by atoms with Crippen LogP contribution in [0.1, 0.15) is 31.2 Å². The summed E-state index contributed by atoms with van der Waals surface area (Å²) in [6, 6.07) is 6.39. The lowest BCUT2D eigenvalue weighted by molar-refractivity contribution is -0.0911. The number of nitrogen functional groups attached to an aromatic ring is 1. The lowest BCUT2D eigenvalue weighted by Crippen LogP contribution is -2.52. The Kier molecular flexibility index (Phi) is 3.96. The first-order valence-electron chi connectivity index (χ1n) is 7.13. The summed E-state index contributed by atoms with van der Waals surface area (Å²) in [6.07, 6.45) is 5.50. The molecule has 0 spiro atoms. The van der Waals surface area contributed by atoms with Crippen LogP contribution in [0, 0.1) is 0 Å². The highest BCUT2D eigenvalue weighted by atomic mass is 35.5. The van der Waals surface area contributed by atoms with E-state index < -0.39 is 0 Å². The number of fused-ring (bicyclic) bond motifs is 1. The molecule has 1 aromatic rings. The van der Waals surface area contributed by atoms with E-state index in [-0.39, 0.29) is 0 Å². The van der Waals surface area contributed by atoms with Crippen LogP contribution in [-0.2, 0) is 11.3 Å². The summed E-state index contributed by atoms with van der Waals surface area (Å²) in [5.41, 5.74) is 7.65. The molecule has 1 saturated heterocycles. The van der Waals surface area contributed by atoms with Crippen LogP contribution < -0.4 is 5.73 Å². The minimum atomic E-state index is 0.426. The maximum Gasteiger partial charge on any atom is 0.0731 e. The molecule has 1 aliphatic heterocycles. The van der Waals surface area contributed by atoms with E-state index in [2.05, 4.69) is 4.90 Å². The second-order valence-corrected chi connectivity index (χ2v) is 5.99. The van der Waals surface area contributed by atoms with Gasteiger partial charge in [0.25, 0.3) is 0 Å². The smallest absolute Gasteiger partial charge is 0.0731 e. The van der Waals surface area contributed by atoms with Crippen molar-refractivity contribution in [2.24, 2.45) is 0 Å². The Morgan fingerprint density at radius 1 is 1.32 bits per heavy atom. The number of nitrogens with zero attached hydrogens (tertiary/aromatic N) is 1. The number of ether oxygens (including phenoxy) is 1. The van der Waals surface area contributed by atoms with Crippen molar-refractivity contribution in [1.29, 1.82) is 0 Å². The third kappa shape index (κ3) is 2.88. The minimum absolute atomic E-state index is 0.426. The Balaban J connectivity index is 1.74. The maximum atomic E-state index is 6.29. The summed E-state index contributed by atoms with van der Waals surface area (Å²) in [6.45, 7) is 2.75. The number of halogens is 1. The fourth-order valence-corrected chi connectivity index (χ4v) is 3.53. The number of hydrogen-bond donors (Lipinski definition) is 1. The molecule has 4 heteroatoms. The second kappa shape index (κ2) is 5.70. The Morgan fingerprint density at radius 3 is 3.00 bits per heavy atom. The topological polar surface area (TPSA) is 38.5 Å². The molecular weight excluding hydrogens is 260 g/mol. The summed E-state index contributed by atoms with van der Waals surface area (Å²) in [7, 11) is 0. The Labute approximate surface area is 119 Å². The van der Waals surface area contributed by atoms with Gasteiger partial charge >= 0.3 is 0 Å². The average Bonchev–Trinajstić information content (AvgIpc) is 2.42. The van der Waals surface area contributed by atoms with Gasteiger partial charge in [0.15, 0.2) is 0 Å². The monoisotopic (exact) mass is 280 g/mol. The van der Waals surface area contributed by atoms with Gasteiger partial charge < -0.3 is 10.5 Å². The van der Waals surface area contributed by atoms with Gasteiger partial charge in [-0.25, -0.2) is 0 Å². The fraction of sp³-hybridized carbons (Fsp3) is 0.600. The molecule has 0 aromatic heterocycles. The van der Waals surface area contributed by atoms with Crippen molar-refractivity contribution in [3.63, 3.8) is 0 Å². The zero-order valence-corrected chi connectivity index (χ0v) is 11.9. The van der Waals surface area contributed by atoms with Crippen molar-refractivity contribution in [3.8, 4) is 0 Å². The average molecular weight is 281 g/mol. The molecule has 1 aromatic carbocycles. The fourth-order valence-electron chi connectivity index (χ4n) is 3.28. The molecule has 0 bridgehead atoms. The first-order chi connectivity index (χ1) is 9.24. The molecule has 3 nitrogen and oxygen atoms in total. The van der Waals surface area contributed by atoms with Crippen molar-refractivity contribution in [2.45, 2.75) is 44.4 Å². The van der Waals surface area contributed by atoms with Crippen LogP contribution in [0.15, 0.2) is 18.2 Å². The lowest BCUT2D eigenvalue weighted by Gasteiger charge is -2.44. The minimum Gasteiger partial charge on any atom is -0.399 e. The number of morpholine rings is 1. The third-order valence-electron chi connectivity index (χ3n) is 4.30. The molecule has 2 aliphatic rings. The van der Waals surface area contributed by atoms with E-state index in [1.54, 1.807) is 0 Å². The molecule has 0 amide bonds. The van der Waals surface area contributed by atoms with Crippen LogP contribution in [0.2, 0.25) is 5.02 Å². The van der Waals surface area contributed by atoms with E-state index in [1.165, 1.54) is 31.2 Å². The van der Waals surface area contributed by atoms with E-state index in [1.807, 2.05) is 18.2 Å². The first kappa shape index (κ1) is 13.2. The molecule has 2 unspecified atom stereocenters. The van der Waals surface area contributed by atoms with Gasteiger partial charge in [-0.1, -0.05) is 30.5 Å². The largest absolute Gasteiger partial charge is 0.399 e. The second-order valence-electron chi connectivity index (χ2n) is 5.58. The Bertz CT molecular complexity index is 450. The molecule has 104 valence electrons. The lowest BCUT2D eigenvalue weighted by atomic mass is 9.90. The van der Waals surface area contributed by atoms with Crippen molar-refractivity contribution in [2.75, 3.05) is 18.9 Å². The summed E-state index contributed by atoms with van der Waals surface area (Å²) >= 11 is 6.29. The van der Waals surface area contributed by atoms with Crippen LogP contribution in [0.3, 0.4) is 0 Å². The summed E-state index contributed by atoms with van der Waals surface area (Å²) in [4.78, 5) is 2.53. The van der Waals surface area contributed by atoms with Crippen LogP contribution >= 0.6 is 11.6 Å². The molecular formula is C15H21ClN2O. The van der Waals surface area contributed by atoms with Crippen LogP contribution in [0.25, 0.3) is 0 Å². The van der Waals surface area contributed by atoms with Crippen molar-refractivity contribution >= 4 is 17.3 Å². The Hall–Kier alpha value is -0.770. The first-order valence-corrected chi connectivity index (χ1v) is 7.51. The van der Waals surface area contributed by atoms with E-state index >= 15 is 0 Å². The highest BCUT2D eigenvalue weighted by molar-refractivity contribution is 6.31. The number of anilines is 1. The van der Waals surface area contributed by atoms with Crippen LogP contribution in [0.5, 0.6) is 0 Å². The van der Waals surface area contributed by atoms with Crippen LogP contribution in [-0.4, -0.2) is 30.2 Å². The molecule has 19 heavy (non-hydrogen) atoms. The number of rotatable bonds is 2. The maximum absolute atomic E-state index is 6.29. The third-order valence-corrected chi connectivity index (χ3v) is 4.65. The quantitative estimate of drug-likeness (QED) is 0.846. The van der Waals surface area contributed by atoms with Gasteiger partial charge in [0.2, 0.25) is 0 Å². The van der Waals surface area contributed by atoms with Gasteiger partial charge in [0.1, 0.15) is 0 Å². The van der Waals surface area contributed by atoms with Crippen LogP contribution in [0.4, 0.5) is 5.69 Å². The number of nitrogens with two attached hydrogens (primary N) is 1. The van der Waals surface area contributed by atoms with Crippen molar-refractivity contribution < 1.29 is 4.74 Å². The van der Waals surface area contributed by atoms with E-state index in [4.69, 9.17) is 22.1 Å². The predicted octanol–water partition coefficient (Wildman–Crippen LogP) is 3.07. The molecule has 2 fully saturated rings. The normalized spacial score (nSPS) is 28.1. The Morgan fingerprint density at radius 2 is 2.16 bits per heavy atom. The standard InChI is InChI=1S/C15H21ClN2O/c16-13-9-12(17)6-5-11(13)10-18-7-8-19-15-4-2-1-3-14(15)18/h5-6,9,14-15H,1-4,7-8,10,17H2.